The minimum absolute atomic E-state index is 0.0494. The zero-order chi connectivity index (χ0) is 22.8. The second-order valence-corrected chi connectivity index (χ2v) is 7.26. The highest BCUT2D eigenvalue weighted by molar-refractivity contribution is 7.80. The number of aromatic hydroxyl groups is 1. The van der Waals surface area contributed by atoms with E-state index >= 15 is 0 Å². The molecule has 30 heavy (non-hydrogen) atoms. The lowest BCUT2D eigenvalue weighted by atomic mass is 10.1. The summed E-state index contributed by atoms with van der Waals surface area (Å²) >= 11 is 7.90. The van der Waals surface area contributed by atoms with Gasteiger partial charge in [0.1, 0.15) is 23.9 Å². The Bertz CT molecular complexity index is 762. The molecule has 1 aromatic rings. The summed E-state index contributed by atoms with van der Waals surface area (Å²) in [5.41, 5.74) is 6.61. The largest absolute Gasteiger partial charge is 0.508 e. The summed E-state index contributed by atoms with van der Waals surface area (Å²) in [4.78, 5) is 47.7. The number of nitrogens with one attached hydrogen (secondary N) is 3. The SMILES string of the molecule is CC(NC(=O)C(CS)NC(=O)C(N)Cc1ccc(O)cc1)C(=O)NC(CS)C(=O)O. The third kappa shape index (κ3) is 8.13. The van der Waals surface area contributed by atoms with Gasteiger partial charge in [0.2, 0.25) is 17.7 Å². The summed E-state index contributed by atoms with van der Waals surface area (Å²) in [6.45, 7) is 1.37. The van der Waals surface area contributed by atoms with E-state index in [0.29, 0.717) is 0 Å². The second-order valence-electron chi connectivity index (χ2n) is 6.53. The summed E-state index contributed by atoms with van der Waals surface area (Å²) in [5, 5.41) is 25.4. The van der Waals surface area contributed by atoms with Gasteiger partial charge in [-0.25, -0.2) is 4.79 Å². The predicted octanol–water partition coefficient (Wildman–Crippen LogP) is -1.32. The molecule has 0 radical (unpaired) electrons. The van der Waals surface area contributed by atoms with Crippen molar-refractivity contribution < 1.29 is 29.4 Å². The number of carbonyl (C=O) groups is 4. The Morgan fingerprint density at radius 2 is 1.47 bits per heavy atom. The molecule has 0 saturated heterocycles. The molecule has 0 fully saturated rings. The quantitative estimate of drug-likeness (QED) is 0.190. The molecule has 4 atom stereocenters. The van der Waals surface area contributed by atoms with E-state index in [-0.39, 0.29) is 23.7 Å². The van der Waals surface area contributed by atoms with Gasteiger partial charge in [-0.1, -0.05) is 12.1 Å². The van der Waals surface area contributed by atoms with Gasteiger partial charge in [-0.05, 0) is 31.0 Å². The molecule has 0 spiro atoms. The summed E-state index contributed by atoms with van der Waals surface area (Å²) in [6, 6.07) is 1.95. The number of nitrogens with two attached hydrogens (primary N) is 1. The topological polar surface area (TPSA) is 171 Å². The Morgan fingerprint density at radius 3 is 1.97 bits per heavy atom. The Labute approximate surface area is 184 Å². The highest BCUT2D eigenvalue weighted by Gasteiger charge is 2.27. The third-order valence-electron chi connectivity index (χ3n) is 4.09. The number of aliphatic carboxylic acids is 1. The molecule has 0 bridgehead atoms. The number of benzene rings is 1. The van der Waals surface area contributed by atoms with Crippen LogP contribution in [-0.4, -0.2) is 69.6 Å². The van der Waals surface area contributed by atoms with Crippen LogP contribution in [0, 0.1) is 0 Å². The van der Waals surface area contributed by atoms with Gasteiger partial charge in [-0.15, -0.1) is 0 Å². The van der Waals surface area contributed by atoms with Crippen molar-refractivity contribution in [1.82, 2.24) is 16.0 Å². The van der Waals surface area contributed by atoms with E-state index in [1.54, 1.807) is 12.1 Å². The summed E-state index contributed by atoms with van der Waals surface area (Å²) in [5.74, 6) is -3.29. The van der Waals surface area contributed by atoms with Gasteiger partial charge in [0.15, 0.2) is 0 Å². The van der Waals surface area contributed by atoms with Crippen molar-refractivity contribution in [3.8, 4) is 5.75 Å². The zero-order valence-corrected chi connectivity index (χ0v) is 18.0. The number of hydrogen-bond donors (Lipinski definition) is 8. The average Bonchev–Trinajstić information content (AvgIpc) is 2.70. The number of carboxylic acids is 1. The van der Waals surface area contributed by atoms with Crippen molar-refractivity contribution in [2.24, 2.45) is 5.73 Å². The van der Waals surface area contributed by atoms with Gasteiger partial charge in [-0.2, -0.15) is 25.3 Å². The Morgan fingerprint density at radius 1 is 0.933 bits per heavy atom. The van der Waals surface area contributed by atoms with E-state index in [0.717, 1.165) is 5.56 Å². The lowest BCUT2D eigenvalue weighted by Gasteiger charge is -2.22. The van der Waals surface area contributed by atoms with Gasteiger partial charge in [0.25, 0.3) is 0 Å². The van der Waals surface area contributed by atoms with E-state index in [9.17, 15) is 24.3 Å². The lowest BCUT2D eigenvalue weighted by molar-refractivity contribution is -0.141. The lowest BCUT2D eigenvalue weighted by Crippen LogP contribution is -2.57. The van der Waals surface area contributed by atoms with Crippen LogP contribution in [0.3, 0.4) is 0 Å². The Kier molecular flexibility index (Phi) is 10.5. The molecule has 12 heteroatoms. The van der Waals surface area contributed by atoms with Crippen LogP contribution in [0.1, 0.15) is 12.5 Å². The third-order valence-corrected chi connectivity index (χ3v) is 4.82. The molecule has 0 saturated carbocycles. The van der Waals surface area contributed by atoms with Crippen LogP contribution in [-0.2, 0) is 25.6 Å². The molecule has 1 rings (SSSR count). The molecule has 4 unspecified atom stereocenters. The number of phenolic OH excluding ortho intramolecular Hbond substituents is 1. The van der Waals surface area contributed by atoms with Crippen LogP contribution in [0.2, 0.25) is 0 Å². The Balaban J connectivity index is 2.62. The molecule has 3 amide bonds. The minimum atomic E-state index is -1.25. The van der Waals surface area contributed by atoms with Gasteiger partial charge < -0.3 is 31.9 Å². The van der Waals surface area contributed by atoms with Crippen LogP contribution in [0.15, 0.2) is 24.3 Å². The fourth-order valence-electron chi connectivity index (χ4n) is 2.31. The molecule has 1 aromatic carbocycles. The molecule has 0 heterocycles. The smallest absolute Gasteiger partial charge is 0.327 e. The van der Waals surface area contributed by atoms with Crippen molar-refractivity contribution in [1.29, 1.82) is 0 Å². The first-order valence-electron chi connectivity index (χ1n) is 8.98. The second kappa shape index (κ2) is 12.3. The maximum atomic E-state index is 12.4. The van der Waals surface area contributed by atoms with Crippen molar-refractivity contribution in [3.63, 3.8) is 0 Å². The van der Waals surface area contributed by atoms with E-state index in [2.05, 4.69) is 41.2 Å². The van der Waals surface area contributed by atoms with Crippen molar-refractivity contribution in [2.45, 2.75) is 37.5 Å². The first-order valence-corrected chi connectivity index (χ1v) is 10.2. The number of carbonyl (C=O) groups excluding carboxylic acids is 3. The van der Waals surface area contributed by atoms with Gasteiger partial charge >= 0.3 is 5.97 Å². The van der Waals surface area contributed by atoms with Gasteiger partial charge in [0, 0.05) is 11.5 Å². The van der Waals surface area contributed by atoms with Gasteiger partial charge in [0.05, 0.1) is 6.04 Å². The van der Waals surface area contributed by atoms with E-state index in [1.807, 2.05) is 0 Å². The van der Waals surface area contributed by atoms with Crippen LogP contribution in [0.4, 0.5) is 0 Å². The molecular formula is C18H26N4O6S2. The molecule has 0 aliphatic rings. The number of hydrogen-bond acceptors (Lipinski definition) is 8. The number of carboxylic acid groups (broad SMARTS) is 1. The summed E-state index contributed by atoms with van der Waals surface area (Å²) in [7, 11) is 0. The molecule has 0 aliphatic carbocycles. The molecular weight excluding hydrogens is 432 g/mol. The monoisotopic (exact) mass is 458 g/mol. The zero-order valence-electron chi connectivity index (χ0n) is 16.2. The van der Waals surface area contributed by atoms with E-state index < -0.39 is 47.9 Å². The molecule has 0 aromatic heterocycles. The summed E-state index contributed by atoms with van der Waals surface area (Å²) < 4.78 is 0. The minimum Gasteiger partial charge on any atom is -0.508 e. The van der Waals surface area contributed by atoms with E-state index in [1.165, 1.54) is 19.1 Å². The van der Waals surface area contributed by atoms with Crippen LogP contribution >= 0.6 is 25.3 Å². The highest BCUT2D eigenvalue weighted by Crippen LogP contribution is 2.11. The highest BCUT2D eigenvalue weighted by atomic mass is 32.1. The molecule has 7 N–H and O–H groups in total. The van der Waals surface area contributed by atoms with Crippen LogP contribution in [0.25, 0.3) is 0 Å². The van der Waals surface area contributed by atoms with Crippen LogP contribution < -0.4 is 21.7 Å². The Hall–Kier alpha value is -2.44. The van der Waals surface area contributed by atoms with Crippen molar-refractivity contribution in [3.05, 3.63) is 29.8 Å². The van der Waals surface area contributed by atoms with Crippen molar-refractivity contribution >= 4 is 48.9 Å². The van der Waals surface area contributed by atoms with Crippen molar-refractivity contribution in [2.75, 3.05) is 11.5 Å². The number of rotatable bonds is 11. The fraction of sp³-hybridized carbons (Fsp3) is 0.444. The molecule has 10 nitrogen and oxygen atoms in total. The maximum absolute atomic E-state index is 12.4. The number of thiol groups is 2. The van der Waals surface area contributed by atoms with Gasteiger partial charge in [-0.3, -0.25) is 14.4 Å². The predicted molar refractivity (Wildman–Crippen MR) is 117 cm³/mol. The standard InChI is InChI=1S/C18H26N4O6S2/c1-9(15(24)22-14(8-30)18(27)28)20-17(26)13(7-29)21-16(25)12(19)6-10-2-4-11(23)5-3-10/h2-5,9,12-14,23,29-30H,6-8,19H2,1H3,(H,20,26)(H,21,25)(H,22,24)(H,27,28). The van der Waals surface area contributed by atoms with Crippen LogP contribution in [0.5, 0.6) is 5.75 Å². The summed E-state index contributed by atoms with van der Waals surface area (Å²) in [6.07, 6.45) is 0.187. The first kappa shape index (κ1) is 25.6. The first-order chi connectivity index (χ1) is 14.1. The fourth-order valence-corrected chi connectivity index (χ4v) is 2.82. The maximum Gasteiger partial charge on any atom is 0.327 e. The number of amides is 3. The molecule has 166 valence electrons. The normalized spacial score (nSPS) is 14.7. The number of phenols is 1. The van der Waals surface area contributed by atoms with E-state index in [4.69, 9.17) is 10.8 Å². The molecule has 0 aliphatic heterocycles. The average molecular weight is 459 g/mol.